The minimum Gasteiger partial charge on any atom is -0.386 e. The van der Waals surface area contributed by atoms with E-state index in [0.29, 0.717) is 6.04 Å². The van der Waals surface area contributed by atoms with Gasteiger partial charge in [-0.15, -0.1) is 0 Å². The lowest BCUT2D eigenvalue weighted by atomic mass is 9.87. The quantitative estimate of drug-likeness (QED) is 0.664. The summed E-state index contributed by atoms with van der Waals surface area (Å²) in [5, 5.41) is 6.88. The van der Waals surface area contributed by atoms with E-state index in [2.05, 4.69) is 43.4 Å². The number of rotatable bonds is 5. The Bertz CT molecular complexity index is 523. The summed E-state index contributed by atoms with van der Waals surface area (Å²) in [5.41, 5.74) is 2.39. The van der Waals surface area contributed by atoms with E-state index < -0.39 is 0 Å². The summed E-state index contributed by atoms with van der Waals surface area (Å²) in [4.78, 5) is 16.9. The number of oxime groups is 1. The van der Waals surface area contributed by atoms with Gasteiger partial charge in [0.2, 0.25) is 0 Å². The average molecular weight is 316 g/mol. The predicted octanol–water partition coefficient (Wildman–Crippen LogP) is 3.78. The van der Waals surface area contributed by atoms with E-state index in [9.17, 15) is 4.79 Å². The minimum absolute atomic E-state index is 0.0208. The monoisotopic (exact) mass is 316 g/mol. The molecule has 1 aliphatic rings. The van der Waals surface area contributed by atoms with Gasteiger partial charge in [-0.25, -0.2) is 0 Å². The van der Waals surface area contributed by atoms with E-state index in [4.69, 9.17) is 4.84 Å². The first kappa shape index (κ1) is 17.5. The molecular weight excluding hydrogens is 288 g/mol. The van der Waals surface area contributed by atoms with Crippen LogP contribution in [0.25, 0.3) is 0 Å². The number of benzene rings is 1. The van der Waals surface area contributed by atoms with Crippen LogP contribution in [0.3, 0.4) is 0 Å². The highest BCUT2D eigenvalue weighted by Crippen LogP contribution is 2.21. The zero-order valence-corrected chi connectivity index (χ0v) is 14.5. The van der Waals surface area contributed by atoms with Gasteiger partial charge in [-0.05, 0) is 29.4 Å². The molecular formula is C19H28N2O2. The summed E-state index contributed by atoms with van der Waals surface area (Å²) in [6.45, 7) is 6.53. The molecule has 2 rings (SSSR count). The van der Waals surface area contributed by atoms with E-state index in [-0.39, 0.29) is 17.9 Å². The topological polar surface area (TPSA) is 50.7 Å². The molecule has 1 aliphatic carbocycles. The molecule has 1 aromatic carbocycles. The molecule has 1 N–H and O–H groups in total. The van der Waals surface area contributed by atoms with Gasteiger partial charge in [-0.1, -0.05) is 69.5 Å². The van der Waals surface area contributed by atoms with Crippen molar-refractivity contribution in [2.24, 2.45) is 5.16 Å². The highest BCUT2D eigenvalue weighted by Gasteiger charge is 2.15. The molecule has 0 saturated heterocycles. The molecule has 126 valence electrons. The number of nitrogens with zero attached hydrogens (tertiary/aromatic N) is 1. The first-order valence-electron chi connectivity index (χ1n) is 8.50. The molecule has 0 radical (unpaired) electrons. The van der Waals surface area contributed by atoms with Gasteiger partial charge in [0.1, 0.15) is 0 Å². The Kier molecular flexibility index (Phi) is 6.20. The lowest BCUT2D eigenvalue weighted by molar-refractivity contribution is -0.126. The van der Waals surface area contributed by atoms with Crippen LogP contribution in [-0.2, 0) is 15.0 Å². The Morgan fingerprint density at radius 3 is 2.48 bits per heavy atom. The van der Waals surface area contributed by atoms with Crippen molar-refractivity contribution in [1.29, 1.82) is 0 Å². The van der Waals surface area contributed by atoms with Gasteiger partial charge >= 0.3 is 0 Å². The second-order valence-corrected chi connectivity index (χ2v) is 7.28. The molecule has 0 aliphatic heterocycles. The Morgan fingerprint density at radius 2 is 1.87 bits per heavy atom. The fourth-order valence-corrected chi connectivity index (χ4v) is 2.78. The van der Waals surface area contributed by atoms with Gasteiger partial charge in [-0.3, -0.25) is 4.79 Å². The Labute approximate surface area is 139 Å². The molecule has 0 atom stereocenters. The largest absolute Gasteiger partial charge is 0.386 e. The lowest BCUT2D eigenvalue weighted by Gasteiger charge is -2.22. The molecule has 1 fully saturated rings. The maximum absolute atomic E-state index is 11.8. The van der Waals surface area contributed by atoms with Crippen molar-refractivity contribution in [3.63, 3.8) is 0 Å². The summed E-state index contributed by atoms with van der Waals surface area (Å²) in [5.74, 6) is -0.0860. The van der Waals surface area contributed by atoms with Gasteiger partial charge in [0.25, 0.3) is 5.91 Å². The zero-order valence-electron chi connectivity index (χ0n) is 14.5. The third-order valence-corrected chi connectivity index (χ3v) is 4.22. The first-order chi connectivity index (χ1) is 10.9. The Hall–Kier alpha value is -1.84. The van der Waals surface area contributed by atoms with Gasteiger partial charge in [0.05, 0.1) is 6.21 Å². The summed E-state index contributed by atoms with van der Waals surface area (Å²) < 4.78 is 0. The van der Waals surface area contributed by atoms with Crippen LogP contribution < -0.4 is 5.32 Å². The van der Waals surface area contributed by atoms with Crippen LogP contribution in [0.2, 0.25) is 0 Å². The van der Waals surface area contributed by atoms with Crippen molar-refractivity contribution in [3.05, 3.63) is 35.4 Å². The number of hydrogen-bond acceptors (Lipinski definition) is 3. The highest BCUT2D eigenvalue weighted by atomic mass is 16.6. The molecule has 4 nitrogen and oxygen atoms in total. The molecule has 0 bridgehead atoms. The second-order valence-electron chi connectivity index (χ2n) is 7.28. The van der Waals surface area contributed by atoms with E-state index in [1.54, 1.807) is 6.21 Å². The lowest BCUT2D eigenvalue weighted by Crippen LogP contribution is -2.38. The molecule has 1 amide bonds. The molecule has 0 aromatic heterocycles. The van der Waals surface area contributed by atoms with Crippen LogP contribution in [0.5, 0.6) is 0 Å². The van der Waals surface area contributed by atoms with E-state index in [1.807, 2.05) is 12.1 Å². The van der Waals surface area contributed by atoms with Crippen LogP contribution in [0.1, 0.15) is 64.0 Å². The van der Waals surface area contributed by atoms with Crippen LogP contribution >= 0.6 is 0 Å². The SMILES string of the molecule is CC(C)(C)c1ccc(/C=N\OCC(=O)NC2CCCCC2)cc1. The Morgan fingerprint density at radius 1 is 1.22 bits per heavy atom. The number of carbonyl (C=O) groups is 1. The van der Waals surface area contributed by atoms with Gasteiger partial charge in [0, 0.05) is 6.04 Å². The maximum atomic E-state index is 11.8. The zero-order chi connectivity index (χ0) is 16.7. The van der Waals surface area contributed by atoms with Crippen molar-refractivity contribution in [3.8, 4) is 0 Å². The van der Waals surface area contributed by atoms with Gasteiger partial charge < -0.3 is 10.2 Å². The van der Waals surface area contributed by atoms with Crippen molar-refractivity contribution in [2.75, 3.05) is 6.61 Å². The minimum atomic E-state index is -0.0860. The van der Waals surface area contributed by atoms with Gasteiger partial charge in [0.15, 0.2) is 6.61 Å². The van der Waals surface area contributed by atoms with Crippen LogP contribution in [0, 0.1) is 0 Å². The fraction of sp³-hybridized carbons (Fsp3) is 0.579. The smallest absolute Gasteiger partial charge is 0.260 e. The summed E-state index contributed by atoms with van der Waals surface area (Å²) in [7, 11) is 0. The van der Waals surface area contributed by atoms with Crippen LogP contribution in [0.4, 0.5) is 0 Å². The van der Waals surface area contributed by atoms with E-state index in [1.165, 1.54) is 24.8 Å². The van der Waals surface area contributed by atoms with Crippen molar-refractivity contribution >= 4 is 12.1 Å². The first-order valence-corrected chi connectivity index (χ1v) is 8.50. The van der Waals surface area contributed by atoms with Crippen LogP contribution in [0.15, 0.2) is 29.4 Å². The molecule has 0 spiro atoms. The third-order valence-electron chi connectivity index (χ3n) is 4.22. The van der Waals surface area contributed by atoms with E-state index in [0.717, 1.165) is 18.4 Å². The summed E-state index contributed by atoms with van der Waals surface area (Å²) >= 11 is 0. The highest BCUT2D eigenvalue weighted by molar-refractivity contribution is 5.80. The van der Waals surface area contributed by atoms with Crippen molar-refractivity contribution < 1.29 is 9.63 Å². The van der Waals surface area contributed by atoms with Crippen molar-refractivity contribution in [1.82, 2.24) is 5.32 Å². The summed E-state index contributed by atoms with van der Waals surface area (Å²) in [6, 6.07) is 8.52. The standard InChI is InChI=1S/C19H28N2O2/c1-19(2,3)16-11-9-15(10-12-16)13-20-23-14-18(22)21-17-7-5-4-6-8-17/h9-13,17H,4-8,14H2,1-3H3,(H,21,22)/b20-13-. The number of hydrogen-bond donors (Lipinski definition) is 1. The van der Waals surface area contributed by atoms with Crippen LogP contribution in [-0.4, -0.2) is 24.8 Å². The molecule has 4 heteroatoms. The molecule has 0 heterocycles. The average Bonchev–Trinajstić information content (AvgIpc) is 2.52. The maximum Gasteiger partial charge on any atom is 0.260 e. The van der Waals surface area contributed by atoms with Crippen molar-refractivity contribution in [2.45, 2.75) is 64.3 Å². The summed E-state index contributed by atoms with van der Waals surface area (Å²) in [6.07, 6.45) is 7.48. The second kappa shape index (κ2) is 8.14. The molecule has 1 saturated carbocycles. The number of amides is 1. The number of carbonyl (C=O) groups excluding carboxylic acids is 1. The normalized spacial score (nSPS) is 16.5. The number of nitrogens with one attached hydrogen (secondary N) is 1. The fourth-order valence-electron chi connectivity index (χ4n) is 2.78. The molecule has 23 heavy (non-hydrogen) atoms. The van der Waals surface area contributed by atoms with E-state index >= 15 is 0 Å². The molecule has 0 unspecified atom stereocenters. The predicted molar refractivity (Wildman–Crippen MR) is 93.7 cm³/mol. The van der Waals surface area contributed by atoms with Gasteiger partial charge in [-0.2, -0.15) is 0 Å². The molecule has 1 aromatic rings. The Balaban J connectivity index is 1.72. The third kappa shape index (κ3) is 6.05.